The molecule has 2 saturated heterocycles. The van der Waals surface area contributed by atoms with Crippen LogP contribution in [0.15, 0.2) is 27.4 Å². The highest BCUT2D eigenvalue weighted by atomic mass is 16.5. The van der Waals surface area contributed by atoms with Crippen LogP contribution in [0.3, 0.4) is 0 Å². The first-order valence-electron chi connectivity index (χ1n) is 13.0. The molecule has 5 atom stereocenters. The summed E-state index contributed by atoms with van der Waals surface area (Å²) in [6.45, 7) is 5.67. The Hall–Kier alpha value is -4.15. The van der Waals surface area contributed by atoms with E-state index in [1.54, 1.807) is 13.0 Å². The van der Waals surface area contributed by atoms with Crippen LogP contribution in [0.4, 0.5) is 0 Å². The number of carboxylic acid groups (broad SMARTS) is 1. The number of ketones is 1. The SMILES string of the molecule is CC(C)C(C(=O)O)c1ccno1.COC(=O)[C@@H]1C[C@@H](O)CN1.COC(=O)[C@@H]1C[C@@H](O)CN1C(=O)C(=O)c1cc(C)no1. The van der Waals surface area contributed by atoms with Gasteiger partial charge in [0.2, 0.25) is 5.76 Å². The van der Waals surface area contributed by atoms with Gasteiger partial charge in [0.1, 0.15) is 18.0 Å². The fourth-order valence-corrected chi connectivity index (χ4v) is 4.26. The van der Waals surface area contributed by atoms with Gasteiger partial charge < -0.3 is 44.1 Å². The number of esters is 2. The van der Waals surface area contributed by atoms with Gasteiger partial charge in [-0.05, 0) is 12.8 Å². The minimum Gasteiger partial charge on any atom is -0.481 e. The molecule has 4 rings (SSSR count). The fraction of sp³-hybridized carbons (Fsp3) is 0.577. The lowest BCUT2D eigenvalue weighted by atomic mass is 9.94. The third-order valence-corrected chi connectivity index (χ3v) is 6.35. The first kappa shape index (κ1) is 34.1. The number of carbonyl (C=O) groups is 5. The Labute approximate surface area is 240 Å². The maximum Gasteiger partial charge on any atom is 0.328 e. The number of aromatic nitrogens is 2. The Balaban J connectivity index is 0.000000239. The summed E-state index contributed by atoms with van der Waals surface area (Å²) in [7, 11) is 2.52. The van der Waals surface area contributed by atoms with Gasteiger partial charge in [0.05, 0.1) is 38.3 Å². The van der Waals surface area contributed by atoms with E-state index in [0.717, 1.165) is 4.90 Å². The Morgan fingerprint density at radius 3 is 2.17 bits per heavy atom. The molecule has 0 aromatic carbocycles. The molecule has 2 aromatic heterocycles. The molecular formula is C26H36N4O12. The number of β-amino-alcohol motifs (C(OH)–C–C–N with tert-alkyl or cyclic N) is 2. The standard InChI is InChI=1S/C12H14N2O6.C8H11NO3.C6H11NO3/c1-6-3-9(20-13-6)10(16)11(17)14-5-7(15)4-8(14)12(18)19-2;1-5(2)7(8(10)11)6-3-4-9-12-6;1-10-6(9)5-2-4(8)3-7-5/h3,7-8,15H,4-5H2,1-2H3;3-5,7H,1-2H3,(H,10,11);4-5,7-8H,2-3H2,1H3/t7-,8+;;4-,5+/m1.1/s1. The predicted octanol–water partition coefficient (Wildman–Crippen LogP) is -0.318. The number of aliphatic hydroxyl groups excluding tert-OH is 2. The molecule has 1 unspecified atom stereocenters. The van der Waals surface area contributed by atoms with Crippen molar-refractivity contribution < 1.29 is 57.8 Å². The molecule has 2 aliphatic heterocycles. The van der Waals surface area contributed by atoms with Crippen molar-refractivity contribution in [1.29, 1.82) is 0 Å². The zero-order valence-electron chi connectivity index (χ0n) is 23.9. The highest BCUT2D eigenvalue weighted by Gasteiger charge is 2.42. The molecule has 0 bridgehead atoms. The molecule has 0 aliphatic carbocycles. The summed E-state index contributed by atoms with van der Waals surface area (Å²) in [6, 6.07) is 1.65. The highest BCUT2D eigenvalue weighted by molar-refractivity contribution is 6.42. The quantitative estimate of drug-likeness (QED) is 0.182. The molecule has 2 fully saturated rings. The highest BCUT2D eigenvalue weighted by Crippen LogP contribution is 2.24. The molecule has 232 valence electrons. The van der Waals surface area contributed by atoms with Gasteiger partial charge in [-0.1, -0.05) is 24.2 Å². The topological polar surface area (TPSA) is 232 Å². The number of rotatable bonds is 7. The number of carboxylic acids is 1. The largest absolute Gasteiger partial charge is 0.481 e. The van der Waals surface area contributed by atoms with Gasteiger partial charge in [-0.25, -0.2) is 4.79 Å². The van der Waals surface area contributed by atoms with Crippen molar-refractivity contribution in [2.24, 2.45) is 5.92 Å². The van der Waals surface area contributed by atoms with Crippen LogP contribution in [0, 0.1) is 12.8 Å². The van der Waals surface area contributed by atoms with Gasteiger partial charge >= 0.3 is 17.9 Å². The van der Waals surface area contributed by atoms with Gasteiger partial charge in [0.25, 0.3) is 11.7 Å². The van der Waals surface area contributed by atoms with Gasteiger partial charge in [-0.3, -0.25) is 19.2 Å². The molecule has 42 heavy (non-hydrogen) atoms. The molecule has 0 spiro atoms. The number of carbonyl (C=O) groups excluding carboxylic acids is 4. The number of nitrogens with zero attached hydrogens (tertiary/aromatic N) is 3. The van der Waals surface area contributed by atoms with Crippen LogP contribution >= 0.6 is 0 Å². The van der Waals surface area contributed by atoms with Gasteiger partial charge in [-0.2, -0.15) is 0 Å². The van der Waals surface area contributed by atoms with Crippen LogP contribution in [0.25, 0.3) is 0 Å². The van der Waals surface area contributed by atoms with Crippen LogP contribution < -0.4 is 5.32 Å². The van der Waals surface area contributed by atoms with E-state index < -0.39 is 47.8 Å². The van der Waals surface area contributed by atoms with E-state index in [4.69, 9.17) is 19.3 Å². The van der Waals surface area contributed by atoms with Gasteiger partial charge in [-0.15, -0.1) is 0 Å². The number of hydrogen-bond acceptors (Lipinski definition) is 14. The van der Waals surface area contributed by atoms with Crippen molar-refractivity contribution in [1.82, 2.24) is 20.5 Å². The summed E-state index contributed by atoms with van der Waals surface area (Å²) in [5, 5.41) is 37.2. The van der Waals surface area contributed by atoms with E-state index in [-0.39, 0.29) is 36.7 Å². The Morgan fingerprint density at radius 2 is 1.71 bits per heavy atom. The smallest absolute Gasteiger partial charge is 0.328 e. The van der Waals surface area contributed by atoms with Crippen molar-refractivity contribution in [3.8, 4) is 0 Å². The minimum absolute atomic E-state index is 0.00968. The number of aliphatic carboxylic acids is 1. The summed E-state index contributed by atoms with van der Waals surface area (Å²) < 4.78 is 18.5. The molecule has 0 saturated carbocycles. The summed E-state index contributed by atoms with van der Waals surface area (Å²) in [5.74, 6) is -4.03. The third-order valence-electron chi connectivity index (χ3n) is 6.35. The van der Waals surface area contributed by atoms with Crippen LogP contribution in [-0.2, 0) is 28.7 Å². The van der Waals surface area contributed by atoms with Crippen LogP contribution in [0.1, 0.15) is 54.6 Å². The molecule has 16 nitrogen and oxygen atoms in total. The van der Waals surface area contributed by atoms with Crippen molar-refractivity contribution >= 4 is 29.6 Å². The normalized spacial score (nSPS) is 21.9. The summed E-state index contributed by atoms with van der Waals surface area (Å²) in [6.07, 6.45) is 0.693. The maximum atomic E-state index is 12.1. The second kappa shape index (κ2) is 15.7. The van der Waals surface area contributed by atoms with E-state index in [1.165, 1.54) is 26.5 Å². The Morgan fingerprint density at radius 1 is 1.05 bits per heavy atom. The van der Waals surface area contributed by atoms with Crippen LogP contribution in [0.5, 0.6) is 0 Å². The average Bonchev–Trinajstić information content (AvgIpc) is 3.76. The number of amides is 1. The molecule has 16 heteroatoms. The van der Waals surface area contributed by atoms with Crippen LogP contribution in [-0.4, -0.2) is 112 Å². The number of hydrogen-bond donors (Lipinski definition) is 4. The van der Waals surface area contributed by atoms with E-state index in [2.05, 4.69) is 25.1 Å². The summed E-state index contributed by atoms with van der Waals surface area (Å²) in [4.78, 5) is 58.1. The molecule has 2 aromatic rings. The summed E-state index contributed by atoms with van der Waals surface area (Å²) >= 11 is 0. The monoisotopic (exact) mass is 596 g/mol. The average molecular weight is 597 g/mol. The van der Waals surface area contributed by atoms with Crippen molar-refractivity contribution in [3.05, 3.63) is 35.5 Å². The Bertz CT molecular complexity index is 1210. The minimum atomic E-state index is -0.963. The lowest BCUT2D eigenvalue weighted by Crippen LogP contribution is -2.44. The lowest BCUT2D eigenvalue weighted by molar-refractivity contribution is -0.149. The number of ether oxygens (including phenoxy) is 2. The Kier molecular flexibility index (Phi) is 12.8. The third kappa shape index (κ3) is 9.19. The predicted molar refractivity (Wildman–Crippen MR) is 140 cm³/mol. The number of likely N-dealkylation sites (tertiary alicyclic amines) is 1. The van der Waals surface area contributed by atoms with Crippen molar-refractivity contribution in [2.45, 2.75) is 63.8 Å². The second-order valence-electron chi connectivity index (χ2n) is 9.90. The number of nitrogens with one attached hydrogen (secondary N) is 1. The molecule has 1 amide bonds. The number of Topliss-reactive ketones (excluding diaryl/α,β-unsaturated/α-hetero) is 1. The fourth-order valence-electron chi connectivity index (χ4n) is 4.26. The molecule has 2 aliphatic rings. The van der Waals surface area contributed by atoms with Crippen molar-refractivity contribution in [2.75, 3.05) is 27.3 Å². The maximum absolute atomic E-state index is 12.1. The van der Waals surface area contributed by atoms with Crippen molar-refractivity contribution in [3.63, 3.8) is 0 Å². The first-order valence-corrected chi connectivity index (χ1v) is 13.0. The number of methoxy groups -OCH3 is 2. The lowest BCUT2D eigenvalue weighted by Gasteiger charge is -2.20. The summed E-state index contributed by atoms with van der Waals surface area (Å²) in [5.41, 5.74) is 0.465. The van der Waals surface area contributed by atoms with E-state index >= 15 is 0 Å². The first-order chi connectivity index (χ1) is 19.8. The number of aliphatic hydroxyl groups is 2. The zero-order chi connectivity index (χ0) is 31.6. The van der Waals surface area contributed by atoms with E-state index in [0.29, 0.717) is 24.4 Å². The van der Waals surface area contributed by atoms with Gasteiger partial charge in [0, 0.05) is 38.1 Å². The van der Waals surface area contributed by atoms with E-state index in [1.807, 2.05) is 13.8 Å². The molecule has 4 N–H and O–H groups in total. The van der Waals surface area contributed by atoms with E-state index in [9.17, 15) is 29.1 Å². The number of aryl methyl sites for hydroxylation is 1. The van der Waals surface area contributed by atoms with Gasteiger partial charge in [0.15, 0.2) is 5.76 Å². The molecular weight excluding hydrogens is 560 g/mol. The van der Waals surface area contributed by atoms with Crippen LogP contribution in [0.2, 0.25) is 0 Å². The second-order valence-corrected chi connectivity index (χ2v) is 9.90. The molecule has 0 radical (unpaired) electrons. The zero-order valence-corrected chi connectivity index (χ0v) is 23.9. The molecule has 4 heterocycles.